The van der Waals surface area contributed by atoms with Gasteiger partial charge in [-0.05, 0) is 62.2 Å². The highest BCUT2D eigenvalue weighted by Gasteiger charge is 2.15. The molecule has 0 radical (unpaired) electrons. The molecule has 3 nitrogen and oxygen atoms in total. The van der Waals surface area contributed by atoms with E-state index in [1.54, 1.807) is 25.1 Å². The minimum absolute atomic E-state index is 0.343. The fraction of sp³-hybridized carbons (Fsp3) is 0.158. The molecule has 0 fully saturated rings. The predicted octanol–water partition coefficient (Wildman–Crippen LogP) is 5.20. The maximum absolute atomic E-state index is 13.6. The first-order valence-corrected chi connectivity index (χ1v) is 7.88. The summed E-state index contributed by atoms with van der Waals surface area (Å²) in [5.74, 6) is -0.753. The molecule has 0 aliphatic carbocycles. The summed E-state index contributed by atoms with van der Waals surface area (Å²) in [5.41, 5.74) is 4.08. The van der Waals surface area contributed by atoms with Gasteiger partial charge in [-0.15, -0.1) is 0 Å². The summed E-state index contributed by atoms with van der Waals surface area (Å²) in [6.07, 6.45) is 0. The zero-order chi connectivity index (χ0) is 17.4. The van der Waals surface area contributed by atoms with Crippen molar-refractivity contribution in [2.75, 3.05) is 5.32 Å². The van der Waals surface area contributed by atoms with Gasteiger partial charge in [0, 0.05) is 11.1 Å². The van der Waals surface area contributed by atoms with Gasteiger partial charge in [0.15, 0.2) is 0 Å². The van der Waals surface area contributed by atoms with E-state index in [-0.39, 0.29) is 5.91 Å². The van der Waals surface area contributed by atoms with Crippen molar-refractivity contribution in [3.8, 4) is 0 Å². The molecule has 0 aliphatic rings. The van der Waals surface area contributed by atoms with E-state index in [1.165, 1.54) is 12.1 Å². The molecule has 0 saturated carbocycles. The van der Waals surface area contributed by atoms with E-state index in [0.717, 1.165) is 11.1 Å². The molecule has 3 rings (SSSR count). The molecule has 1 amide bonds. The van der Waals surface area contributed by atoms with Crippen LogP contribution in [0.4, 0.5) is 10.1 Å². The van der Waals surface area contributed by atoms with Gasteiger partial charge in [-0.1, -0.05) is 17.7 Å². The zero-order valence-electron chi connectivity index (χ0n) is 13.6. The van der Waals surface area contributed by atoms with Gasteiger partial charge in [0.05, 0.1) is 21.8 Å². The van der Waals surface area contributed by atoms with Crippen LogP contribution in [-0.4, -0.2) is 10.9 Å². The first-order chi connectivity index (χ1) is 11.3. The van der Waals surface area contributed by atoms with E-state index in [1.807, 2.05) is 19.9 Å². The van der Waals surface area contributed by atoms with Crippen molar-refractivity contribution in [2.24, 2.45) is 0 Å². The van der Waals surface area contributed by atoms with E-state index in [9.17, 15) is 9.18 Å². The van der Waals surface area contributed by atoms with Gasteiger partial charge in [-0.25, -0.2) is 4.39 Å². The monoisotopic (exact) mass is 342 g/mol. The molecule has 0 unspecified atom stereocenters. The smallest absolute Gasteiger partial charge is 0.256 e. The average molecular weight is 343 g/mol. The summed E-state index contributed by atoms with van der Waals surface area (Å²) in [6, 6.07) is 9.60. The Morgan fingerprint density at radius 1 is 1.12 bits per heavy atom. The third kappa shape index (κ3) is 3.10. The number of pyridine rings is 1. The van der Waals surface area contributed by atoms with Gasteiger partial charge in [0.2, 0.25) is 0 Å². The van der Waals surface area contributed by atoms with Crippen LogP contribution < -0.4 is 5.32 Å². The number of nitrogens with one attached hydrogen (secondary N) is 1. The number of nitrogens with zero attached hydrogens (tertiary/aromatic N) is 1. The summed E-state index contributed by atoms with van der Waals surface area (Å²) >= 11 is 6.25. The molecule has 1 aromatic heterocycles. The molecule has 2 aromatic carbocycles. The fourth-order valence-electron chi connectivity index (χ4n) is 2.77. The summed E-state index contributed by atoms with van der Waals surface area (Å²) in [5, 5.41) is 3.79. The molecule has 24 heavy (non-hydrogen) atoms. The van der Waals surface area contributed by atoms with Gasteiger partial charge in [-0.3, -0.25) is 9.78 Å². The lowest BCUT2D eigenvalue weighted by molar-refractivity contribution is 0.102. The average Bonchev–Trinajstić information content (AvgIpc) is 2.50. The topological polar surface area (TPSA) is 42.0 Å². The third-order valence-electron chi connectivity index (χ3n) is 3.81. The van der Waals surface area contributed by atoms with Gasteiger partial charge < -0.3 is 5.32 Å². The van der Waals surface area contributed by atoms with E-state index >= 15 is 0 Å². The van der Waals surface area contributed by atoms with E-state index < -0.39 is 5.82 Å². The van der Waals surface area contributed by atoms with Crippen LogP contribution in [0.1, 0.15) is 27.2 Å². The molecule has 1 heterocycles. The lowest BCUT2D eigenvalue weighted by Crippen LogP contribution is -2.14. The number of hydrogen-bond donors (Lipinski definition) is 1. The van der Waals surface area contributed by atoms with E-state index in [2.05, 4.69) is 10.3 Å². The Morgan fingerprint density at radius 3 is 2.58 bits per heavy atom. The number of amides is 1. The highest BCUT2D eigenvalue weighted by atomic mass is 35.5. The largest absolute Gasteiger partial charge is 0.320 e. The maximum atomic E-state index is 13.6. The standard InChI is InChI=1S/C19H16ClFN2O/c1-10-6-11(2)18(16(20)7-10)23-19(24)15-8-12(3)22-17-5-4-13(21)9-14(15)17/h4-9H,1-3H3,(H,23,24). The summed E-state index contributed by atoms with van der Waals surface area (Å²) < 4.78 is 13.6. The number of fused-ring (bicyclic) bond motifs is 1. The Hall–Kier alpha value is -2.46. The van der Waals surface area contributed by atoms with Crippen LogP contribution in [0.15, 0.2) is 36.4 Å². The first-order valence-electron chi connectivity index (χ1n) is 7.50. The second kappa shape index (κ2) is 6.21. The SMILES string of the molecule is Cc1cc(C)c(NC(=O)c2cc(C)nc3ccc(F)cc23)c(Cl)c1. The highest BCUT2D eigenvalue weighted by Crippen LogP contribution is 2.29. The Labute approximate surface area is 144 Å². The summed E-state index contributed by atoms with van der Waals surface area (Å²) in [6.45, 7) is 5.61. The number of aryl methyl sites for hydroxylation is 3. The van der Waals surface area contributed by atoms with Crippen molar-refractivity contribution in [2.45, 2.75) is 20.8 Å². The quantitative estimate of drug-likeness (QED) is 0.695. The molecule has 0 spiro atoms. The lowest BCUT2D eigenvalue weighted by Gasteiger charge is -2.13. The van der Waals surface area contributed by atoms with Crippen molar-refractivity contribution in [3.63, 3.8) is 0 Å². The second-order valence-corrected chi connectivity index (χ2v) is 6.27. The zero-order valence-corrected chi connectivity index (χ0v) is 14.3. The Morgan fingerprint density at radius 2 is 1.88 bits per heavy atom. The third-order valence-corrected chi connectivity index (χ3v) is 4.11. The van der Waals surface area contributed by atoms with Crippen molar-refractivity contribution in [1.82, 2.24) is 4.98 Å². The number of halogens is 2. The van der Waals surface area contributed by atoms with Crippen LogP contribution in [0.2, 0.25) is 5.02 Å². The Bertz CT molecular complexity index is 946. The number of hydrogen-bond acceptors (Lipinski definition) is 2. The summed E-state index contributed by atoms with van der Waals surface area (Å²) in [4.78, 5) is 17.1. The molecule has 0 atom stereocenters. The molecular weight excluding hydrogens is 327 g/mol. The number of benzene rings is 2. The number of carbonyl (C=O) groups excluding carboxylic acids is 1. The van der Waals surface area contributed by atoms with Crippen molar-refractivity contribution >= 4 is 34.1 Å². The van der Waals surface area contributed by atoms with E-state index in [0.29, 0.717) is 32.9 Å². The Balaban J connectivity index is 2.08. The molecule has 0 bridgehead atoms. The minimum Gasteiger partial charge on any atom is -0.320 e. The maximum Gasteiger partial charge on any atom is 0.256 e. The Kier molecular flexibility index (Phi) is 4.24. The summed E-state index contributed by atoms with van der Waals surface area (Å²) in [7, 11) is 0. The van der Waals surface area contributed by atoms with Crippen LogP contribution in [0.3, 0.4) is 0 Å². The number of carbonyl (C=O) groups is 1. The normalized spacial score (nSPS) is 10.9. The first kappa shape index (κ1) is 16.4. The fourth-order valence-corrected chi connectivity index (χ4v) is 3.14. The van der Waals surface area contributed by atoms with Gasteiger partial charge in [0.1, 0.15) is 5.82 Å². The minimum atomic E-state index is -0.410. The van der Waals surface area contributed by atoms with Crippen molar-refractivity contribution in [3.05, 3.63) is 69.6 Å². The molecule has 5 heteroatoms. The number of anilines is 1. The molecule has 0 saturated heterocycles. The molecule has 122 valence electrons. The van der Waals surface area contributed by atoms with Crippen LogP contribution in [0.25, 0.3) is 10.9 Å². The van der Waals surface area contributed by atoms with Crippen LogP contribution >= 0.6 is 11.6 Å². The van der Waals surface area contributed by atoms with Gasteiger partial charge in [-0.2, -0.15) is 0 Å². The number of aromatic nitrogens is 1. The molecular formula is C19H16ClFN2O. The van der Waals surface area contributed by atoms with E-state index in [4.69, 9.17) is 11.6 Å². The van der Waals surface area contributed by atoms with Crippen LogP contribution in [0, 0.1) is 26.6 Å². The van der Waals surface area contributed by atoms with Gasteiger partial charge in [0.25, 0.3) is 5.91 Å². The number of rotatable bonds is 2. The van der Waals surface area contributed by atoms with Crippen LogP contribution in [0.5, 0.6) is 0 Å². The predicted molar refractivity (Wildman–Crippen MR) is 95.3 cm³/mol. The van der Waals surface area contributed by atoms with Crippen LogP contribution in [-0.2, 0) is 0 Å². The van der Waals surface area contributed by atoms with Gasteiger partial charge >= 0.3 is 0 Å². The molecule has 0 aliphatic heterocycles. The van der Waals surface area contributed by atoms with Crippen molar-refractivity contribution < 1.29 is 9.18 Å². The lowest BCUT2D eigenvalue weighted by atomic mass is 10.1. The highest BCUT2D eigenvalue weighted by molar-refractivity contribution is 6.34. The second-order valence-electron chi connectivity index (χ2n) is 5.87. The molecule has 3 aromatic rings. The molecule has 1 N–H and O–H groups in total. The van der Waals surface area contributed by atoms with Crippen molar-refractivity contribution in [1.29, 1.82) is 0 Å².